The van der Waals surface area contributed by atoms with E-state index in [0.29, 0.717) is 5.56 Å². The molecule has 0 radical (unpaired) electrons. The van der Waals surface area contributed by atoms with E-state index in [1.165, 1.54) is 16.9 Å². The largest absolute Gasteiger partial charge is 0.497 e. The van der Waals surface area contributed by atoms with Crippen LogP contribution in [0.25, 0.3) is 5.69 Å². The number of nitrogens with zero attached hydrogens (tertiary/aromatic N) is 3. The van der Waals surface area contributed by atoms with Crippen molar-refractivity contribution in [1.29, 1.82) is 0 Å². The first-order chi connectivity index (χ1) is 11.7. The molecular formula is C17H15FN4O2. The second-order valence-electron chi connectivity index (χ2n) is 5.02. The van der Waals surface area contributed by atoms with Crippen molar-refractivity contribution in [3.8, 4) is 11.4 Å². The highest BCUT2D eigenvalue weighted by Crippen LogP contribution is 2.14. The smallest absolute Gasteiger partial charge is 0.273 e. The molecule has 6 nitrogen and oxygen atoms in total. The van der Waals surface area contributed by atoms with E-state index in [1.54, 1.807) is 49.6 Å². The molecule has 0 aliphatic carbocycles. The molecule has 7 heteroatoms. The van der Waals surface area contributed by atoms with Crippen LogP contribution in [0.15, 0.2) is 54.7 Å². The molecule has 0 fully saturated rings. The van der Waals surface area contributed by atoms with Gasteiger partial charge in [0.25, 0.3) is 5.91 Å². The van der Waals surface area contributed by atoms with E-state index in [9.17, 15) is 9.18 Å². The van der Waals surface area contributed by atoms with Crippen LogP contribution < -0.4 is 10.1 Å². The zero-order valence-electron chi connectivity index (χ0n) is 12.9. The highest BCUT2D eigenvalue weighted by molar-refractivity contribution is 5.91. The van der Waals surface area contributed by atoms with Crippen LogP contribution in [0.5, 0.6) is 5.75 Å². The Labute approximate surface area is 137 Å². The summed E-state index contributed by atoms with van der Waals surface area (Å²) >= 11 is 0. The summed E-state index contributed by atoms with van der Waals surface area (Å²) in [4.78, 5) is 12.1. The Hall–Kier alpha value is -3.22. The average Bonchev–Trinajstić information content (AvgIpc) is 3.11. The van der Waals surface area contributed by atoms with E-state index in [2.05, 4.69) is 15.6 Å². The van der Waals surface area contributed by atoms with Crippen molar-refractivity contribution in [2.45, 2.75) is 6.54 Å². The number of carbonyl (C=O) groups is 1. The summed E-state index contributed by atoms with van der Waals surface area (Å²) < 4.78 is 20.1. The quantitative estimate of drug-likeness (QED) is 0.781. The molecule has 0 aliphatic rings. The monoisotopic (exact) mass is 326 g/mol. The standard InChI is InChI=1S/C17H15FN4O2/c1-24-14-8-6-13(7-9-14)22-11-16(20-21-22)17(23)19-10-12-4-2-3-5-15(12)18/h2-9,11H,10H2,1H3,(H,19,23). The van der Waals surface area contributed by atoms with Gasteiger partial charge in [0.05, 0.1) is 19.0 Å². The minimum atomic E-state index is -0.419. The van der Waals surface area contributed by atoms with Crippen LogP contribution in [0.3, 0.4) is 0 Å². The number of nitrogens with one attached hydrogen (secondary N) is 1. The first-order valence-electron chi connectivity index (χ1n) is 7.26. The maximum Gasteiger partial charge on any atom is 0.273 e. The molecule has 3 rings (SSSR count). The van der Waals surface area contributed by atoms with Crippen molar-refractivity contribution in [3.05, 3.63) is 71.8 Å². The molecule has 3 aromatic rings. The van der Waals surface area contributed by atoms with Gasteiger partial charge in [0.1, 0.15) is 11.6 Å². The second kappa shape index (κ2) is 6.91. The van der Waals surface area contributed by atoms with Crippen LogP contribution in [0.1, 0.15) is 16.1 Å². The van der Waals surface area contributed by atoms with Gasteiger partial charge in [-0.25, -0.2) is 9.07 Å². The number of halogens is 1. The van der Waals surface area contributed by atoms with Gasteiger partial charge in [-0.3, -0.25) is 4.79 Å². The Morgan fingerprint density at radius 3 is 2.67 bits per heavy atom. The fourth-order valence-electron chi connectivity index (χ4n) is 2.14. The first-order valence-corrected chi connectivity index (χ1v) is 7.26. The third-order valence-electron chi connectivity index (χ3n) is 3.46. The van der Waals surface area contributed by atoms with Gasteiger partial charge in [-0.1, -0.05) is 23.4 Å². The summed E-state index contributed by atoms with van der Waals surface area (Å²) in [7, 11) is 1.59. The van der Waals surface area contributed by atoms with Crippen LogP contribution >= 0.6 is 0 Å². The molecule has 1 N–H and O–H groups in total. The minimum absolute atomic E-state index is 0.0842. The highest BCUT2D eigenvalue weighted by atomic mass is 19.1. The molecule has 0 spiro atoms. The molecule has 1 aromatic heterocycles. The second-order valence-corrected chi connectivity index (χ2v) is 5.02. The normalized spacial score (nSPS) is 10.4. The van der Waals surface area contributed by atoms with Gasteiger partial charge in [0, 0.05) is 12.1 Å². The summed E-state index contributed by atoms with van der Waals surface area (Å²) in [6.45, 7) is 0.0842. The molecule has 0 saturated heterocycles. The Balaban J connectivity index is 1.68. The molecule has 122 valence electrons. The van der Waals surface area contributed by atoms with Crippen molar-refractivity contribution in [1.82, 2.24) is 20.3 Å². The molecule has 0 aliphatic heterocycles. The fourth-order valence-corrected chi connectivity index (χ4v) is 2.14. The van der Waals surface area contributed by atoms with Crippen LogP contribution in [-0.4, -0.2) is 28.0 Å². The molecule has 1 heterocycles. The maximum absolute atomic E-state index is 13.5. The molecular weight excluding hydrogens is 311 g/mol. The first kappa shape index (κ1) is 15.7. The number of amides is 1. The van der Waals surface area contributed by atoms with Gasteiger partial charge in [0.15, 0.2) is 5.69 Å². The van der Waals surface area contributed by atoms with Crippen LogP contribution in [-0.2, 0) is 6.54 Å². The summed E-state index contributed by atoms with van der Waals surface area (Å²) in [6.07, 6.45) is 1.51. The predicted molar refractivity (Wildman–Crippen MR) is 85.5 cm³/mol. The zero-order chi connectivity index (χ0) is 16.9. The number of benzene rings is 2. The van der Waals surface area contributed by atoms with E-state index < -0.39 is 5.91 Å². The van der Waals surface area contributed by atoms with E-state index in [4.69, 9.17) is 4.74 Å². The van der Waals surface area contributed by atoms with E-state index >= 15 is 0 Å². The predicted octanol–water partition coefficient (Wildman–Crippen LogP) is 2.35. The van der Waals surface area contributed by atoms with Gasteiger partial charge in [-0.2, -0.15) is 0 Å². The summed E-state index contributed by atoms with van der Waals surface area (Å²) in [5, 5.41) is 10.4. The van der Waals surface area contributed by atoms with Gasteiger partial charge in [-0.15, -0.1) is 5.10 Å². The lowest BCUT2D eigenvalue weighted by molar-refractivity contribution is 0.0945. The average molecular weight is 326 g/mol. The van der Waals surface area contributed by atoms with Crippen molar-refractivity contribution in [2.75, 3.05) is 7.11 Å². The zero-order valence-corrected chi connectivity index (χ0v) is 12.9. The number of methoxy groups -OCH3 is 1. The van der Waals surface area contributed by atoms with Gasteiger partial charge >= 0.3 is 0 Å². The Bertz CT molecular complexity index is 846. The van der Waals surface area contributed by atoms with Crippen LogP contribution in [0.4, 0.5) is 4.39 Å². The number of carbonyl (C=O) groups excluding carboxylic acids is 1. The number of hydrogen-bond donors (Lipinski definition) is 1. The Morgan fingerprint density at radius 2 is 1.96 bits per heavy atom. The van der Waals surface area contributed by atoms with Crippen molar-refractivity contribution >= 4 is 5.91 Å². The molecule has 24 heavy (non-hydrogen) atoms. The van der Waals surface area contributed by atoms with Crippen LogP contribution in [0, 0.1) is 5.82 Å². The minimum Gasteiger partial charge on any atom is -0.497 e. The summed E-state index contributed by atoms with van der Waals surface area (Å²) in [5.74, 6) is -0.0561. The molecule has 2 aromatic carbocycles. The van der Waals surface area contributed by atoms with E-state index in [-0.39, 0.29) is 18.1 Å². The Morgan fingerprint density at radius 1 is 1.21 bits per heavy atom. The number of rotatable bonds is 5. The third kappa shape index (κ3) is 3.40. The number of aromatic nitrogens is 3. The maximum atomic E-state index is 13.5. The van der Waals surface area contributed by atoms with Crippen molar-refractivity contribution < 1.29 is 13.9 Å². The Kier molecular flexibility index (Phi) is 4.51. The van der Waals surface area contributed by atoms with E-state index in [1.807, 2.05) is 0 Å². The molecule has 0 atom stereocenters. The van der Waals surface area contributed by atoms with Crippen molar-refractivity contribution in [2.24, 2.45) is 0 Å². The molecule has 0 saturated carbocycles. The topological polar surface area (TPSA) is 69.0 Å². The summed E-state index contributed by atoms with van der Waals surface area (Å²) in [6, 6.07) is 13.4. The molecule has 0 unspecified atom stereocenters. The lowest BCUT2D eigenvalue weighted by Gasteiger charge is -2.04. The van der Waals surface area contributed by atoms with Gasteiger partial charge in [-0.05, 0) is 30.3 Å². The number of hydrogen-bond acceptors (Lipinski definition) is 4. The molecule has 0 bridgehead atoms. The van der Waals surface area contributed by atoms with Crippen LogP contribution in [0.2, 0.25) is 0 Å². The fraction of sp³-hybridized carbons (Fsp3) is 0.118. The van der Waals surface area contributed by atoms with Gasteiger partial charge in [0.2, 0.25) is 0 Å². The van der Waals surface area contributed by atoms with E-state index in [0.717, 1.165) is 11.4 Å². The van der Waals surface area contributed by atoms with Crippen molar-refractivity contribution in [3.63, 3.8) is 0 Å². The highest BCUT2D eigenvalue weighted by Gasteiger charge is 2.12. The SMILES string of the molecule is COc1ccc(-n2cc(C(=O)NCc3ccccc3F)nn2)cc1. The summed E-state index contributed by atoms with van der Waals surface area (Å²) in [5.41, 5.74) is 1.31. The number of ether oxygens (including phenoxy) is 1. The lowest BCUT2D eigenvalue weighted by Crippen LogP contribution is -2.23. The molecule has 1 amide bonds. The van der Waals surface area contributed by atoms with Gasteiger partial charge < -0.3 is 10.1 Å². The lowest BCUT2D eigenvalue weighted by atomic mass is 10.2. The third-order valence-corrected chi connectivity index (χ3v) is 3.46.